The summed E-state index contributed by atoms with van der Waals surface area (Å²) >= 11 is 0. The van der Waals surface area contributed by atoms with E-state index in [1.54, 1.807) is 24.3 Å². The summed E-state index contributed by atoms with van der Waals surface area (Å²) in [6.07, 6.45) is 9.11. The van der Waals surface area contributed by atoms with E-state index in [0.29, 0.717) is 23.2 Å². The highest BCUT2D eigenvalue weighted by Crippen LogP contribution is 2.19. The highest BCUT2D eigenvalue weighted by molar-refractivity contribution is 5.98. The minimum atomic E-state index is -0.0327. The molecule has 2 aliphatic carbocycles. The second-order valence-electron chi connectivity index (χ2n) is 6.49. The van der Waals surface area contributed by atoms with Crippen LogP contribution in [0.3, 0.4) is 0 Å². The van der Waals surface area contributed by atoms with Gasteiger partial charge in [0, 0.05) is 23.2 Å². The summed E-state index contributed by atoms with van der Waals surface area (Å²) in [6, 6.07) is 7.61. The van der Waals surface area contributed by atoms with E-state index >= 15 is 0 Å². The molecule has 22 heavy (non-hydrogen) atoms. The van der Waals surface area contributed by atoms with Crippen LogP contribution in [0.2, 0.25) is 0 Å². The average Bonchev–Trinajstić information content (AvgIpc) is 3.21. The average molecular weight is 300 g/mol. The van der Waals surface area contributed by atoms with Crippen LogP contribution in [0.25, 0.3) is 0 Å². The van der Waals surface area contributed by atoms with Crippen LogP contribution < -0.4 is 10.6 Å². The lowest BCUT2D eigenvalue weighted by Gasteiger charge is -2.13. The molecule has 1 aromatic rings. The van der Waals surface area contributed by atoms with Crippen molar-refractivity contribution in [2.24, 2.45) is 0 Å². The monoisotopic (exact) mass is 300 g/mol. The first-order valence-electron chi connectivity index (χ1n) is 8.44. The van der Waals surface area contributed by atoms with Crippen molar-refractivity contribution < 1.29 is 9.59 Å². The third kappa shape index (κ3) is 3.67. The molecule has 0 aromatic heterocycles. The molecule has 0 atom stereocenters. The number of carbonyl (C=O) groups excluding carboxylic acids is 2. The van der Waals surface area contributed by atoms with Crippen LogP contribution in [0.1, 0.15) is 72.1 Å². The lowest BCUT2D eigenvalue weighted by Crippen LogP contribution is -2.33. The van der Waals surface area contributed by atoms with E-state index in [1.165, 1.54) is 25.7 Å². The maximum absolute atomic E-state index is 12.1. The normalized spacial score (nSPS) is 19.3. The number of benzene rings is 1. The van der Waals surface area contributed by atoms with E-state index in [9.17, 15) is 9.59 Å². The zero-order valence-corrected chi connectivity index (χ0v) is 12.9. The minimum absolute atomic E-state index is 0.0327. The molecule has 2 amide bonds. The van der Waals surface area contributed by atoms with Gasteiger partial charge < -0.3 is 10.6 Å². The van der Waals surface area contributed by atoms with E-state index in [4.69, 9.17) is 0 Å². The van der Waals surface area contributed by atoms with E-state index in [0.717, 1.165) is 25.7 Å². The summed E-state index contributed by atoms with van der Waals surface area (Å²) < 4.78 is 0. The van der Waals surface area contributed by atoms with Gasteiger partial charge in [0.15, 0.2) is 0 Å². The molecule has 2 aliphatic rings. The predicted molar refractivity (Wildman–Crippen MR) is 85.9 cm³/mol. The number of hydrogen-bond donors (Lipinski definition) is 2. The topological polar surface area (TPSA) is 58.2 Å². The first-order chi connectivity index (χ1) is 10.7. The second kappa shape index (κ2) is 6.95. The molecule has 2 saturated carbocycles. The molecular weight excluding hydrogens is 276 g/mol. The molecule has 0 saturated heterocycles. The summed E-state index contributed by atoms with van der Waals surface area (Å²) in [5.74, 6) is -0.0655. The van der Waals surface area contributed by atoms with Crippen molar-refractivity contribution in [3.05, 3.63) is 35.4 Å². The van der Waals surface area contributed by atoms with Gasteiger partial charge >= 0.3 is 0 Å². The van der Waals surface area contributed by atoms with Crippen LogP contribution in [0.4, 0.5) is 0 Å². The molecule has 2 N–H and O–H groups in total. The van der Waals surface area contributed by atoms with E-state index in [2.05, 4.69) is 10.6 Å². The van der Waals surface area contributed by atoms with Gasteiger partial charge in [-0.15, -0.1) is 0 Å². The molecule has 0 spiro atoms. The van der Waals surface area contributed by atoms with Gasteiger partial charge in [-0.25, -0.2) is 0 Å². The van der Waals surface area contributed by atoms with E-state index in [1.807, 2.05) is 0 Å². The zero-order chi connectivity index (χ0) is 15.4. The van der Waals surface area contributed by atoms with E-state index in [-0.39, 0.29) is 11.8 Å². The molecule has 4 nitrogen and oxygen atoms in total. The number of amides is 2. The highest BCUT2D eigenvalue weighted by atomic mass is 16.2. The fourth-order valence-electron chi connectivity index (χ4n) is 3.45. The van der Waals surface area contributed by atoms with Gasteiger partial charge in [0.2, 0.25) is 0 Å². The molecule has 0 unspecified atom stereocenters. The lowest BCUT2D eigenvalue weighted by atomic mass is 10.1. The fourth-order valence-corrected chi connectivity index (χ4v) is 3.45. The summed E-state index contributed by atoms with van der Waals surface area (Å²) in [5, 5.41) is 6.13. The van der Waals surface area contributed by atoms with Crippen LogP contribution in [0, 0.1) is 0 Å². The quantitative estimate of drug-likeness (QED) is 0.898. The van der Waals surface area contributed by atoms with Gasteiger partial charge in [0.05, 0.1) is 0 Å². The van der Waals surface area contributed by atoms with Crippen molar-refractivity contribution in [2.45, 2.75) is 63.5 Å². The van der Waals surface area contributed by atoms with E-state index < -0.39 is 0 Å². The van der Waals surface area contributed by atoms with Gasteiger partial charge in [-0.3, -0.25) is 9.59 Å². The third-order valence-electron chi connectivity index (χ3n) is 4.79. The Kier molecular flexibility index (Phi) is 4.76. The Morgan fingerprint density at radius 1 is 0.682 bits per heavy atom. The summed E-state index contributed by atoms with van der Waals surface area (Å²) in [6.45, 7) is 0. The molecule has 4 heteroatoms. The number of rotatable bonds is 4. The number of carbonyl (C=O) groups is 2. The summed E-state index contributed by atoms with van der Waals surface area (Å²) in [7, 11) is 0. The van der Waals surface area contributed by atoms with Crippen LogP contribution >= 0.6 is 0 Å². The molecule has 0 radical (unpaired) electrons. The van der Waals surface area contributed by atoms with Crippen molar-refractivity contribution in [1.82, 2.24) is 10.6 Å². The number of nitrogens with one attached hydrogen (secondary N) is 2. The predicted octanol–water partition coefficient (Wildman–Crippen LogP) is 3.03. The van der Waals surface area contributed by atoms with Gasteiger partial charge in [0.1, 0.15) is 0 Å². The molecule has 3 rings (SSSR count). The Hall–Kier alpha value is -1.84. The standard InChI is InChI=1S/C18H24N2O2/c21-17(19-15-5-1-2-6-15)13-9-11-14(12-10-13)18(22)20-16-7-3-4-8-16/h9-12,15-16H,1-8H2,(H,19,21)(H,20,22). The molecule has 0 heterocycles. The highest BCUT2D eigenvalue weighted by Gasteiger charge is 2.19. The van der Waals surface area contributed by atoms with Crippen molar-refractivity contribution >= 4 is 11.8 Å². The Labute approximate surface area is 131 Å². The third-order valence-corrected chi connectivity index (χ3v) is 4.79. The maximum atomic E-state index is 12.1. The Morgan fingerprint density at radius 3 is 1.32 bits per heavy atom. The summed E-state index contributed by atoms with van der Waals surface area (Å²) in [5.41, 5.74) is 1.26. The zero-order valence-electron chi connectivity index (χ0n) is 12.9. The molecule has 1 aromatic carbocycles. The molecule has 118 valence electrons. The van der Waals surface area contributed by atoms with Gasteiger partial charge in [0.25, 0.3) is 11.8 Å². The molecule has 2 fully saturated rings. The second-order valence-corrected chi connectivity index (χ2v) is 6.49. The summed E-state index contributed by atoms with van der Waals surface area (Å²) in [4.78, 5) is 24.3. The SMILES string of the molecule is O=C(NC1CCCC1)c1ccc(C(=O)NC2CCCC2)cc1. The Bertz CT molecular complexity index is 478. The fraction of sp³-hybridized carbons (Fsp3) is 0.556. The van der Waals surface area contributed by atoms with Crippen molar-refractivity contribution in [3.8, 4) is 0 Å². The largest absolute Gasteiger partial charge is 0.349 e. The number of hydrogen-bond acceptors (Lipinski definition) is 2. The van der Waals surface area contributed by atoms with Crippen molar-refractivity contribution in [3.63, 3.8) is 0 Å². The first kappa shape index (κ1) is 15.1. The van der Waals surface area contributed by atoms with Crippen molar-refractivity contribution in [2.75, 3.05) is 0 Å². The molecule has 0 aliphatic heterocycles. The van der Waals surface area contributed by atoms with Gasteiger partial charge in [-0.1, -0.05) is 25.7 Å². The first-order valence-corrected chi connectivity index (χ1v) is 8.44. The minimum Gasteiger partial charge on any atom is -0.349 e. The van der Waals surface area contributed by atoms with Crippen LogP contribution in [0.15, 0.2) is 24.3 Å². The van der Waals surface area contributed by atoms with Gasteiger partial charge in [-0.2, -0.15) is 0 Å². The smallest absolute Gasteiger partial charge is 0.251 e. The molecular formula is C18H24N2O2. The van der Waals surface area contributed by atoms with Gasteiger partial charge in [-0.05, 0) is 49.9 Å². The van der Waals surface area contributed by atoms with Crippen LogP contribution in [0.5, 0.6) is 0 Å². The Morgan fingerprint density at radius 2 is 1.00 bits per heavy atom. The van der Waals surface area contributed by atoms with Crippen LogP contribution in [-0.2, 0) is 0 Å². The van der Waals surface area contributed by atoms with Crippen molar-refractivity contribution in [1.29, 1.82) is 0 Å². The lowest BCUT2D eigenvalue weighted by molar-refractivity contribution is 0.0925. The Balaban J connectivity index is 1.56. The van der Waals surface area contributed by atoms with Crippen LogP contribution in [-0.4, -0.2) is 23.9 Å². The maximum Gasteiger partial charge on any atom is 0.251 e. The molecule has 0 bridgehead atoms.